The van der Waals surface area contributed by atoms with Crippen LogP contribution in [0.15, 0.2) is 11.6 Å². The van der Waals surface area contributed by atoms with E-state index in [2.05, 4.69) is 0 Å². The molecule has 3 heteroatoms. The number of rotatable bonds is 3. The van der Waals surface area contributed by atoms with Crippen LogP contribution in [0, 0.1) is 0 Å². The molecule has 0 spiro atoms. The Hall–Kier alpha value is -0.830. The first kappa shape index (κ1) is 9.17. The lowest BCUT2D eigenvalue weighted by atomic mass is 10.2. The fourth-order valence-corrected chi connectivity index (χ4v) is 0.435. The first-order valence-corrected chi connectivity index (χ1v) is 3.12. The molecule has 0 aromatic heterocycles. The van der Waals surface area contributed by atoms with Crippen LogP contribution in [0.2, 0.25) is 0 Å². The van der Waals surface area contributed by atoms with Crippen molar-refractivity contribution < 1.29 is 15.0 Å². The van der Waals surface area contributed by atoms with E-state index in [4.69, 9.17) is 10.2 Å². The normalized spacial score (nSPS) is 14.9. The minimum atomic E-state index is -0.930. The molecular formula is C7H12O3. The molecule has 0 amide bonds. The van der Waals surface area contributed by atoms with Crippen molar-refractivity contribution >= 4 is 5.97 Å². The van der Waals surface area contributed by atoms with Crippen molar-refractivity contribution in [3.63, 3.8) is 0 Å². The molecule has 0 saturated heterocycles. The van der Waals surface area contributed by atoms with Crippen LogP contribution >= 0.6 is 0 Å². The van der Waals surface area contributed by atoms with Gasteiger partial charge >= 0.3 is 5.97 Å². The summed E-state index contributed by atoms with van der Waals surface area (Å²) in [4.78, 5) is 10.2. The molecular weight excluding hydrogens is 132 g/mol. The van der Waals surface area contributed by atoms with E-state index in [1.807, 2.05) is 0 Å². The fraction of sp³-hybridized carbons (Fsp3) is 0.571. The Morgan fingerprint density at radius 1 is 1.70 bits per heavy atom. The number of carboxylic acids is 1. The highest BCUT2D eigenvalue weighted by Crippen LogP contribution is 1.97. The number of carbonyl (C=O) groups is 1. The zero-order chi connectivity index (χ0) is 8.15. The second kappa shape index (κ2) is 4.06. The number of aliphatic carboxylic acids is 1. The van der Waals surface area contributed by atoms with Crippen LogP contribution in [-0.4, -0.2) is 22.3 Å². The summed E-state index contributed by atoms with van der Waals surface area (Å²) in [5.74, 6) is -0.930. The number of aliphatic hydroxyl groups is 1. The van der Waals surface area contributed by atoms with E-state index in [9.17, 15) is 4.79 Å². The molecule has 0 aromatic rings. The number of aliphatic hydroxyl groups excluding tert-OH is 1. The van der Waals surface area contributed by atoms with E-state index in [1.165, 1.54) is 13.0 Å². The SMILES string of the molecule is CC(=CCC(C)O)C(=O)O. The molecule has 3 nitrogen and oxygen atoms in total. The Morgan fingerprint density at radius 2 is 2.20 bits per heavy atom. The summed E-state index contributed by atoms with van der Waals surface area (Å²) in [6.45, 7) is 3.12. The van der Waals surface area contributed by atoms with Crippen LogP contribution in [0.4, 0.5) is 0 Å². The molecule has 0 aliphatic heterocycles. The molecule has 0 rings (SSSR count). The number of hydrogen-bond acceptors (Lipinski definition) is 2. The Balaban J connectivity index is 3.81. The first-order valence-electron chi connectivity index (χ1n) is 3.12. The van der Waals surface area contributed by atoms with E-state index >= 15 is 0 Å². The second-order valence-electron chi connectivity index (χ2n) is 2.28. The maximum Gasteiger partial charge on any atom is 0.330 e. The van der Waals surface area contributed by atoms with Crippen molar-refractivity contribution in [2.75, 3.05) is 0 Å². The molecule has 10 heavy (non-hydrogen) atoms. The van der Waals surface area contributed by atoms with Crippen molar-refractivity contribution in [1.82, 2.24) is 0 Å². The molecule has 1 unspecified atom stereocenters. The Labute approximate surface area is 60.0 Å². The van der Waals surface area contributed by atoms with Gasteiger partial charge in [0.1, 0.15) is 0 Å². The van der Waals surface area contributed by atoms with Gasteiger partial charge in [-0.1, -0.05) is 6.08 Å². The molecule has 1 atom stereocenters. The molecule has 0 bridgehead atoms. The minimum absolute atomic E-state index is 0.279. The van der Waals surface area contributed by atoms with Gasteiger partial charge in [-0.05, 0) is 20.3 Å². The summed E-state index contributed by atoms with van der Waals surface area (Å²) in [7, 11) is 0. The molecule has 0 radical (unpaired) electrons. The van der Waals surface area contributed by atoms with Gasteiger partial charge in [0.2, 0.25) is 0 Å². The van der Waals surface area contributed by atoms with Gasteiger partial charge in [-0.25, -0.2) is 4.79 Å². The molecule has 0 aliphatic carbocycles. The van der Waals surface area contributed by atoms with Crippen LogP contribution in [-0.2, 0) is 4.79 Å². The average Bonchev–Trinajstić information content (AvgIpc) is 1.82. The molecule has 0 aliphatic rings. The van der Waals surface area contributed by atoms with Gasteiger partial charge in [0.15, 0.2) is 0 Å². The van der Waals surface area contributed by atoms with Crippen LogP contribution in [0.25, 0.3) is 0 Å². The van der Waals surface area contributed by atoms with Crippen molar-refractivity contribution in [1.29, 1.82) is 0 Å². The maximum atomic E-state index is 10.2. The third-order valence-electron chi connectivity index (χ3n) is 1.10. The van der Waals surface area contributed by atoms with Gasteiger partial charge in [-0.3, -0.25) is 0 Å². The highest BCUT2D eigenvalue weighted by atomic mass is 16.4. The second-order valence-corrected chi connectivity index (χ2v) is 2.28. The van der Waals surface area contributed by atoms with Gasteiger partial charge in [0.25, 0.3) is 0 Å². The third kappa shape index (κ3) is 4.09. The van der Waals surface area contributed by atoms with Gasteiger partial charge in [-0.2, -0.15) is 0 Å². The van der Waals surface area contributed by atoms with Crippen molar-refractivity contribution in [2.45, 2.75) is 26.4 Å². The molecule has 0 aromatic carbocycles. The Morgan fingerprint density at radius 3 is 2.50 bits per heavy atom. The monoisotopic (exact) mass is 144 g/mol. The van der Waals surface area contributed by atoms with Crippen LogP contribution < -0.4 is 0 Å². The highest BCUT2D eigenvalue weighted by molar-refractivity contribution is 5.85. The largest absolute Gasteiger partial charge is 0.478 e. The van der Waals surface area contributed by atoms with Gasteiger partial charge in [0, 0.05) is 5.57 Å². The summed E-state index contributed by atoms with van der Waals surface area (Å²) in [5, 5.41) is 17.1. The van der Waals surface area contributed by atoms with E-state index in [-0.39, 0.29) is 5.57 Å². The van der Waals surface area contributed by atoms with E-state index in [1.54, 1.807) is 6.92 Å². The van der Waals surface area contributed by atoms with Crippen molar-refractivity contribution in [3.05, 3.63) is 11.6 Å². The molecule has 58 valence electrons. The van der Waals surface area contributed by atoms with Gasteiger partial charge < -0.3 is 10.2 Å². The van der Waals surface area contributed by atoms with Crippen molar-refractivity contribution in [2.24, 2.45) is 0 Å². The zero-order valence-electron chi connectivity index (χ0n) is 6.16. The molecule has 0 fully saturated rings. The Bertz CT molecular complexity index is 147. The van der Waals surface area contributed by atoms with Gasteiger partial charge in [0.05, 0.1) is 6.10 Å². The van der Waals surface area contributed by atoms with Crippen LogP contribution in [0.5, 0.6) is 0 Å². The number of hydrogen-bond donors (Lipinski definition) is 2. The number of carboxylic acid groups (broad SMARTS) is 1. The summed E-state index contributed by atoms with van der Waals surface area (Å²) >= 11 is 0. The average molecular weight is 144 g/mol. The minimum Gasteiger partial charge on any atom is -0.478 e. The lowest BCUT2D eigenvalue weighted by Crippen LogP contribution is -2.00. The fourth-order valence-electron chi connectivity index (χ4n) is 0.435. The van der Waals surface area contributed by atoms with Crippen LogP contribution in [0.1, 0.15) is 20.3 Å². The molecule has 2 N–H and O–H groups in total. The Kier molecular flexibility index (Phi) is 3.72. The highest BCUT2D eigenvalue weighted by Gasteiger charge is 1.99. The quantitative estimate of drug-likeness (QED) is 0.576. The zero-order valence-corrected chi connectivity index (χ0v) is 6.16. The van der Waals surface area contributed by atoms with Gasteiger partial charge in [-0.15, -0.1) is 0 Å². The standard InChI is InChI=1S/C7H12O3/c1-5(7(9)10)3-4-6(2)8/h3,6,8H,4H2,1-2H3,(H,9,10). The summed E-state index contributed by atoms with van der Waals surface area (Å²) in [6, 6.07) is 0. The molecule has 0 heterocycles. The maximum absolute atomic E-state index is 10.2. The predicted octanol–water partition coefficient (Wildman–Crippen LogP) is 0.788. The predicted molar refractivity (Wildman–Crippen MR) is 37.7 cm³/mol. The van der Waals surface area contributed by atoms with Crippen LogP contribution in [0.3, 0.4) is 0 Å². The van der Waals surface area contributed by atoms with E-state index in [0.717, 1.165) is 0 Å². The van der Waals surface area contributed by atoms with E-state index in [0.29, 0.717) is 6.42 Å². The van der Waals surface area contributed by atoms with E-state index < -0.39 is 12.1 Å². The summed E-state index contributed by atoms with van der Waals surface area (Å²) < 4.78 is 0. The lowest BCUT2D eigenvalue weighted by Gasteiger charge is -1.97. The molecule has 0 saturated carbocycles. The smallest absolute Gasteiger partial charge is 0.330 e. The lowest BCUT2D eigenvalue weighted by molar-refractivity contribution is -0.132. The topological polar surface area (TPSA) is 57.5 Å². The summed E-state index contributed by atoms with van der Waals surface area (Å²) in [5.41, 5.74) is 0.279. The first-order chi connectivity index (χ1) is 4.54. The van der Waals surface area contributed by atoms with Crippen molar-refractivity contribution in [3.8, 4) is 0 Å². The summed E-state index contributed by atoms with van der Waals surface area (Å²) in [6.07, 6.45) is 1.44. The third-order valence-corrected chi connectivity index (χ3v) is 1.10.